The van der Waals surface area contributed by atoms with Gasteiger partial charge in [0.05, 0.1) is 26.4 Å². The molecule has 2 aromatic heterocycles. The van der Waals surface area contributed by atoms with E-state index in [4.69, 9.17) is 33.9 Å². The van der Waals surface area contributed by atoms with Gasteiger partial charge in [-0.15, -0.1) is 0 Å². The van der Waals surface area contributed by atoms with Crippen molar-refractivity contribution in [2.24, 2.45) is 14.1 Å². The largest absolute Gasteiger partial charge is 0.377 e. The first-order chi connectivity index (χ1) is 10.6. The molecule has 0 N–H and O–H groups in total. The Kier molecular flexibility index (Phi) is 6.56. The zero-order valence-electron chi connectivity index (χ0n) is 13.0. The van der Waals surface area contributed by atoms with Gasteiger partial charge in [0, 0.05) is 52.0 Å². The molecule has 0 atom stereocenters. The maximum Gasteiger partial charge on any atom is 0.179 e. The molecule has 0 amide bonds. The van der Waals surface area contributed by atoms with Gasteiger partial charge in [0.15, 0.2) is 9.54 Å². The van der Waals surface area contributed by atoms with Crippen LogP contribution >= 0.6 is 24.4 Å². The van der Waals surface area contributed by atoms with Crippen molar-refractivity contribution in [1.82, 2.24) is 18.3 Å². The molecule has 0 bridgehead atoms. The van der Waals surface area contributed by atoms with Gasteiger partial charge in [0.1, 0.15) is 0 Å². The maximum absolute atomic E-state index is 5.55. The van der Waals surface area contributed by atoms with Gasteiger partial charge in [-0.2, -0.15) is 0 Å². The highest BCUT2D eigenvalue weighted by molar-refractivity contribution is 7.71. The van der Waals surface area contributed by atoms with E-state index in [1.807, 2.05) is 57.2 Å². The number of hydrogen-bond acceptors (Lipinski definition) is 4. The average molecular weight is 342 g/mol. The minimum absolute atomic E-state index is 0.584. The van der Waals surface area contributed by atoms with Gasteiger partial charge in [-0.1, -0.05) is 0 Å². The Hall–Kier alpha value is -1.22. The van der Waals surface area contributed by atoms with Gasteiger partial charge in [0.25, 0.3) is 0 Å². The molecule has 2 rings (SSSR count). The summed E-state index contributed by atoms with van der Waals surface area (Å²) >= 11 is 10.5. The van der Waals surface area contributed by atoms with Crippen LogP contribution in [0.4, 0.5) is 0 Å². The minimum Gasteiger partial charge on any atom is -0.377 e. The number of nitrogens with zero attached hydrogens (tertiary/aromatic N) is 4. The zero-order valence-corrected chi connectivity index (χ0v) is 14.6. The van der Waals surface area contributed by atoms with E-state index in [1.54, 1.807) is 0 Å². The third kappa shape index (κ3) is 4.64. The van der Waals surface area contributed by atoms with Crippen LogP contribution in [0.1, 0.15) is 0 Å². The van der Waals surface area contributed by atoms with Crippen LogP contribution < -0.4 is 0 Å². The highest BCUT2D eigenvalue weighted by Gasteiger charge is 1.98. The first-order valence-corrected chi connectivity index (χ1v) is 8.00. The summed E-state index contributed by atoms with van der Waals surface area (Å²) in [6.45, 7) is 3.95. The van der Waals surface area contributed by atoms with E-state index in [2.05, 4.69) is 0 Å². The number of ether oxygens (including phenoxy) is 2. The van der Waals surface area contributed by atoms with E-state index in [9.17, 15) is 0 Å². The molecule has 0 aliphatic heterocycles. The molecule has 0 aliphatic carbocycles. The van der Waals surface area contributed by atoms with Crippen molar-refractivity contribution >= 4 is 24.4 Å². The predicted octanol–water partition coefficient (Wildman–Crippen LogP) is 2.16. The number of rotatable bonds is 9. The Morgan fingerprint density at radius 1 is 0.727 bits per heavy atom. The second kappa shape index (κ2) is 8.42. The fourth-order valence-electron chi connectivity index (χ4n) is 2.01. The summed E-state index contributed by atoms with van der Waals surface area (Å²) in [4.78, 5) is 0. The summed E-state index contributed by atoms with van der Waals surface area (Å²) in [5.41, 5.74) is 0. The third-order valence-electron chi connectivity index (χ3n) is 3.36. The van der Waals surface area contributed by atoms with Gasteiger partial charge in [-0.05, 0) is 24.4 Å². The van der Waals surface area contributed by atoms with Gasteiger partial charge in [0.2, 0.25) is 0 Å². The summed E-state index contributed by atoms with van der Waals surface area (Å²) in [5.74, 6) is 0. The second-order valence-corrected chi connectivity index (χ2v) is 5.73. The Labute approximate surface area is 140 Å². The van der Waals surface area contributed by atoms with Crippen molar-refractivity contribution in [1.29, 1.82) is 0 Å². The van der Waals surface area contributed by atoms with Gasteiger partial charge in [-0.3, -0.25) is 0 Å². The van der Waals surface area contributed by atoms with E-state index in [-0.39, 0.29) is 0 Å². The molecule has 0 aromatic carbocycles. The summed E-state index contributed by atoms with van der Waals surface area (Å²) in [7, 11) is 3.87. The van der Waals surface area contributed by atoms with Crippen LogP contribution in [0, 0.1) is 9.54 Å². The topological polar surface area (TPSA) is 38.2 Å². The Balaban J connectivity index is 1.53. The second-order valence-electron chi connectivity index (χ2n) is 4.99. The first-order valence-electron chi connectivity index (χ1n) is 7.18. The molecular formula is C14H22N4O2S2. The fourth-order valence-corrected chi connectivity index (χ4v) is 2.44. The normalized spacial score (nSPS) is 11.2. The number of aryl methyl sites for hydroxylation is 2. The van der Waals surface area contributed by atoms with Crippen molar-refractivity contribution in [3.8, 4) is 0 Å². The Morgan fingerprint density at radius 2 is 1.14 bits per heavy atom. The molecule has 0 aliphatic rings. The molecule has 0 radical (unpaired) electrons. The molecule has 6 nitrogen and oxygen atoms in total. The summed E-state index contributed by atoms with van der Waals surface area (Å²) in [6.07, 6.45) is 7.82. The van der Waals surface area contributed by atoms with Gasteiger partial charge in [-0.25, -0.2) is 0 Å². The third-order valence-corrected chi connectivity index (χ3v) is 4.41. The smallest absolute Gasteiger partial charge is 0.179 e. The molecule has 8 heteroatoms. The van der Waals surface area contributed by atoms with Crippen LogP contribution in [0.2, 0.25) is 0 Å². The Morgan fingerprint density at radius 3 is 1.45 bits per heavy atom. The first kappa shape index (κ1) is 17.1. The van der Waals surface area contributed by atoms with E-state index in [1.165, 1.54) is 0 Å². The summed E-state index contributed by atoms with van der Waals surface area (Å²) in [5, 5.41) is 0. The maximum atomic E-state index is 5.55. The van der Waals surface area contributed by atoms with E-state index in [0.717, 1.165) is 22.6 Å². The summed E-state index contributed by atoms with van der Waals surface area (Å²) in [6, 6.07) is 0. The molecule has 2 aromatic rings. The zero-order chi connectivity index (χ0) is 15.9. The number of hydrogen-bond donors (Lipinski definition) is 0. The lowest BCUT2D eigenvalue weighted by molar-refractivity contribution is 0.0418. The van der Waals surface area contributed by atoms with Crippen LogP contribution in [0.25, 0.3) is 0 Å². The highest BCUT2D eigenvalue weighted by atomic mass is 32.1. The lowest BCUT2D eigenvalue weighted by Crippen LogP contribution is -2.12. The number of aromatic nitrogens is 4. The molecule has 2 heterocycles. The standard InChI is InChI=1S/C14H22N4O2S2/c1-15-3-5-17(13(15)21)7-9-19-11-12-20-10-8-18-6-4-16(2)14(18)22/h3-6H,7-12H2,1-2H3. The van der Waals surface area contributed by atoms with Crippen molar-refractivity contribution < 1.29 is 9.47 Å². The van der Waals surface area contributed by atoms with Crippen molar-refractivity contribution in [2.75, 3.05) is 26.4 Å². The lowest BCUT2D eigenvalue weighted by Gasteiger charge is -2.07. The van der Waals surface area contributed by atoms with E-state index >= 15 is 0 Å². The lowest BCUT2D eigenvalue weighted by atomic mass is 10.6. The molecule has 0 fully saturated rings. The minimum atomic E-state index is 0.584. The van der Waals surface area contributed by atoms with Crippen molar-refractivity contribution in [3.05, 3.63) is 34.3 Å². The van der Waals surface area contributed by atoms with E-state index in [0.29, 0.717) is 26.4 Å². The van der Waals surface area contributed by atoms with Crippen LogP contribution in [0.5, 0.6) is 0 Å². The predicted molar refractivity (Wildman–Crippen MR) is 90.1 cm³/mol. The van der Waals surface area contributed by atoms with Crippen LogP contribution in [-0.2, 0) is 36.7 Å². The quantitative estimate of drug-likeness (QED) is 0.517. The molecule has 22 heavy (non-hydrogen) atoms. The summed E-state index contributed by atoms with van der Waals surface area (Å²) < 4.78 is 20.5. The SMILES string of the molecule is Cn1ccn(CCOCCOCCn2ccn(C)c2=S)c1=S. The van der Waals surface area contributed by atoms with Crippen LogP contribution in [0.3, 0.4) is 0 Å². The fraction of sp³-hybridized carbons (Fsp3) is 0.571. The molecule has 0 unspecified atom stereocenters. The van der Waals surface area contributed by atoms with Crippen LogP contribution in [0.15, 0.2) is 24.8 Å². The van der Waals surface area contributed by atoms with Crippen LogP contribution in [-0.4, -0.2) is 44.7 Å². The van der Waals surface area contributed by atoms with Crippen molar-refractivity contribution in [3.63, 3.8) is 0 Å². The monoisotopic (exact) mass is 342 g/mol. The highest BCUT2D eigenvalue weighted by Crippen LogP contribution is 1.96. The molecular weight excluding hydrogens is 320 g/mol. The van der Waals surface area contributed by atoms with E-state index < -0.39 is 0 Å². The molecule has 0 saturated carbocycles. The van der Waals surface area contributed by atoms with Gasteiger partial charge >= 0.3 is 0 Å². The molecule has 122 valence electrons. The molecule has 0 spiro atoms. The Bertz CT molecular complexity index is 638. The molecule has 0 saturated heterocycles. The average Bonchev–Trinajstić information content (AvgIpc) is 2.99. The number of imidazole rings is 2. The van der Waals surface area contributed by atoms with Gasteiger partial charge < -0.3 is 27.7 Å². The van der Waals surface area contributed by atoms with Crippen molar-refractivity contribution in [2.45, 2.75) is 13.1 Å².